The fourth-order valence-corrected chi connectivity index (χ4v) is 2.33. The molecule has 4 nitrogen and oxygen atoms in total. The van der Waals surface area contributed by atoms with Crippen LogP contribution in [-0.2, 0) is 4.79 Å². The fraction of sp³-hybridized carbons (Fsp3) is 0.909. The Hall–Kier alpha value is -0.610. The van der Waals surface area contributed by atoms with E-state index in [2.05, 4.69) is 10.2 Å². The molecule has 1 atom stereocenters. The average molecular weight is 211 g/mol. The van der Waals surface area contributed by atoms with Gasteiger partial charge in [-0.2, -0.15) is 0 Å². The molecule has 1 saturated carbocycles. The largest absolute Gasteiger partial charge is 0.339 e. The SMILES string of the molecule is CN(C)C(C(=O)N1CCNCC1)C1CC1. The monoisotopic (exact) mass is 211 g/mol. The highest BCUT2D eigenvalue weighted by molar-refractivity contribution is 5.82. The van der Waals surface area contributed by atoms with E-state index >= 15 is 0 Å². The summed E-state index contributed by atoms with van der Waals surface area (Å²) >= 11 is 0. The number of hydrogen-bond donors (Lipinski definition) is 1. The molecule has 4 heteroatoms. The normalized spacial score (nSPS) is 24.3. The van der Waals surface area contributed by atoms with Gasteiger partial charge in [-0.3, -0.25) is 9.69 Å². The number of likely N-dealkylation sites (N-methyl/N-ethyl adjacent to an activating group) is 1. The van der Waals surface area contributed by atoms with Crippen LogP contribution in [0.15, 0.2) is 0 Å². The molecule has 1 aliphatic carbocycles. The second-order valence-electron chi connectivity index (χ2n) is 4.82. The van der Waals surface area contributed by atoms with Crippen LogP contribution in [0.1, 0.15) is 12.8 Å². The van der Waals surface area contributed by atoms with Gasteiger partial charge >= 0.3 is 0 Å². The van der Waals surface area contributed by atoms with Gasteiger partial charge in [0.1, 0.15) is 0 Å². The van der Waals surface area contributed by atoms with E-state index in [1.807, 2.05) is 19.0 Å². The lowest BCUT2D eigenvalue weighted by molar-refractivity contribution is -0.137. The Bertz CT molecular complexity index is 230. The Labute approximate surface area is 91.6 Å². The standard InChI is InChI=1S/C11H21N3O/c1-13(2)10(9-3-4-9)11(15)14-7-5-12-6-8-14/h9-10,12H,3-8H2,1-2H3. The van der Waals surface area contributed by atoms with E-state index in [1.54, 1.807) is 0 Å². The molecule has 1 aliphatic heterocycles. The number of hydrogen-bond acceptors (Lipinski definition) is 3. The highest BCUT2D eigenvalue weighted by Crippen LogP contribution is 2.35. The Balaban J connectivity index is 1.96. The highest BCUT2D eigenvalue weighted by Gasteiger charge is 2.39. The molecule has 0 radical (unpaired) electrons. The van der Waals surface area contributed by atoms with E-state index in [-0.39, 0.29) is 6.04 Å². The van der Waals surface area contributed by atoms with Crippen molar-refractivity contribution in [2.24, 2.45) is 5.92 Å². The van der Waals surface area contributed by atoms with Crippen molar-refractivity contribution in [1.29, 1.82) is 0 Å². The van der Waals surface area contributed by atoms with Gasteiger partial charge in [0.2, 0.25) is 5.91 Å². The van der Waals surface area contributed by atoms with Crippen molar-refractivity contribution in [2.75, 3.05) is 40.3 Å². The van der Waals surface area contributed by atoms with Crippen LogP contribution < -0.4 is 5.32 Å². The maximum Gasteiger partial charge on any atom is 0.240 e. The number of nitrogens with zero attached hydrogens (tertiary/aromatic N) is 2. The van der Waals surface area contributed by atoms with Gasteiger partial charge in [-0.1, -0.05) is 0 Å². The summed E-state index contributed by atoms with van der Waals surface area (Å²) in [7, 11) is 4.03. The number of amides is 1. The summed E-state index contributed by atoms with van der Waals surface area (Å²) in [5.41, 5.74) is 0. The third-order valence-corrected chi connectivity index (χ3v) is 3.31. The summed E-state index contributed by atoms with van der Waals surface area (Å²) in [5, 5.41) is 3.28. The van der Waals surface area contributed by atoms with Crippen LogP contribution in [0.5, 0.6) is 0 Å². The van der Waals surface area contributed by atoms with Gasteiger partial charge in [0, 0.05) is 26.2 Å². The van der Waals surface area contributed by atoms with Gasteiger partial charge in [0.15, 0.2) is 0 Å². The van der Waals surface area contributed by atoms with Crippen molar-refractivity contribution in [2.45, 2.75) is 18.9 Å². The molecule has 1 amide bonds. The number of rotatable bonds is 3. The van der Waals surface area contributed by atoms with Gasteiger partial charge < -0.3 is 10.2 Å². The Morgan fingerprint density at radius 1 is 1.33 bits per heavy atom. The summed E-state index contributed by atoms with van der Waals surface area (Å²) in [6.07, 6.45) is 2.45. The first-order valence-corrected chi connectivity index (χ1v) is 5.86. The lowest BCUT2D eigenvalue weighted by atomic mass is 10.1. The Kier molecular flexibility index (Phi) is 3.26. The van der Waals surface area contributed by atoms with Crippen molar-refractivity contribution < 1.29 is 4.79 Å². The van der Waals surface area contributed by atoms with Gasteiger partial charge in [0.25, 0.3) is 0 Å². The molecular weight excluding hydrogens is 190 g/mol. The topological polar surface area (TPSA) is 35.6 Å². The molecule has 15 heavy (non-hydrogen) atoms. The van der Waals surface area contributed by atoms with Crippen molar-refractivity contribution in [1.82, 2.24) is 15.1 Å². The van der Waals surface area contributed by atoms with E-state index < -0.39 is 0 Å². The molecule has 0 spiro atoms. The maximum atomic E-state index is 12.3. The first kappa shape index (κ1) is 10.9. The van der Waals surface area contributed by atoms with Crippen molar-refractivity contribution >= 4 is 5.91 Å². The summed E-state index contributed by atoms with van der Waals surface area (Å²) in [4.78, 5) is 16.4. The van der Waals surface area contributed by atoms with Crippen LogP contribution in [0, 0.1) is 5.92 Å². The van der Waals surface area contributed by atoms with Crippen molar-refractivity contribution in [3.63, 3.8) is 0 Å². The quantitative estimate of drug-likeness (QED) is 0.700. The number of carbonyl (C=O) groups excluding carboxylic acids is 1. The predicted molar refractivity (Wildman–Crippen MR) is 59.6 cm³/mol. The molecule has 86 valence electrons. The molecule has 2 aliphatic rings. The van der Waals surface area contributed by atoms with Crippen LogP contribution in [0.2, 0.25) is 0 Å². The molecule has 2 fully saturated rings. The third-order valence-electron chi connectivity index (χ3n) is 3.31. The van der Waals surface area contributed by atoms with Crippen LogP contribution in [0.25, 0.3) is 0 Å². The summed E-state index contributed by atoms with van der Waals surface area (Å²) < 4.78 is 0. The zero-order valence-electron chi connectivity index (χ0n) is 9.70. The zero-order valence-corrected chi connectivity index (χ0v) is 9.70. The van der Waals surface area contributed by atoms with E-state index in [0.29, 0.717) is 11.8 Å². The van der Waals surface area contributed by atoms with Crippen LogP contribution in [0.4, 0.5) is 0 Å². The second kappa shape index (κ2) is 4.49. The van der Waals surface area contributed by atoms with E-state index in [4.69, 9.17) is 0 Å². The van der Waals surface area contributed by atoms with E-state index in [0.717, 1.165) is 26.2 Å². The highest BCUT2D eigenvalue weighted by atomic mass is 16.2. The van der Waals surface area contributed by atoms with Gasteiger partial charge in [0.05, 0.1) is 6.04 Å². The fourth-order valence-electron chi connectivity index (χ4n) is 2.33. The minimum Gasteiger partial charge on any atom is -0.339 e. The minimum atomic E-state index is 0.128. The van der Waals surface area contributed by atoms with Crippen molar-refractivity contribution in [3.05, 3.63) is 0 Å². The lowest BCUT2D eigenvalue weighted by Gasteiger charge is -2.33. The van der Waals surface area contributed by atoms with E-state index in [9.17, 15) is 4.79 Å². The first-order chi connectivity index (χ1) is 7.20. The second-order valence-corrected chi connectivity index (χ2v) is 4.82. The Morgan fingerprint density at radius 2 is 1.93 bits per heavy atom. The molecule has 1 heterocycles. The smallest absolute Gasteiger partial charge is 0.240 e. The van der Waals surface area contributed by atoms with Crippen LogP contribution in [-0.4, -0.2) is 62.0 Å². The maximum absolute atomic E-state index is 12.3. The minimum absolute atomic E-state index is 0.128. The average Bonchev–Trinajstić information content (AvgIpc) is 3.03. The lowest BCUT2D eigenvalue weighted by Crippen LogP contribution is -2.53. The van der Waals surface area contributed by atoms with Gasteiger partial charge in [-0.05, 0) is 32.9 Å². The molecule has 1 N–H and O–H groups in total. The molecule has 2 rings (SSSR count). The first-order valence-electron chi connectivity index (χ1n) is 5.86. The molecule has 0 bridgehead atoms. The number of piperazine rings is 1. The zero-order chi connectivity index (χ0) is 10.8. The summed E-state index contributed by atoms with van der Waals surface area (Å²) in [6, 6.07) is 0.128. The molecule has 1 saturated heterocycles. The van der Waals surface area contributed by atoms with E-state index in [1.165, 1.54) is 12.8 Å². The molecule has 0 aromatic rings. The number of carbonyl (C=O) groups is 1. The van der Waals surface area contributed by atoms with Crippen molar-refractivity contribution in [3.8, 4) is 0 Å². The summed E-state index contributed by atoms with van der Waals surface area (Å²) in [6.45, 7) is 3.62. The van der Waals surface area contributed by atoms with Gasteiger partial charge in [-0.15, -0.1) is 0 Å². The number of nitrogens with one attached hydrogen (secondary N) is 1. The summed E-state index contributed by atoms with van der Waals surface area (Å²) in [5.74, 6) is 0.950. The van der Waals surface area contributed by atoms with Crippen LogP contribution >= 0.6 is 0 Å². The van der Waals surface area contributed by atoms with Gasteiger partial charge in [-0.25, -0.2) is 0 Å². The molecule has 1 unspecified atom stereocenters. The Morgan fingerprint density at radius 3 is 2.40 bits per heavy atom. The predicted octanol–water partition coefficient (Wildman–Crippen LogP) is -0.242. The molecular formula is C11H21N3O. The third kappa shape index (κ3) is 2.49. The van der Waals surface area contributed by atoms with Crippen LogP contribution in [0.3, 0.4) is 0 Å². The molecule has 0 aromatic carbocycles. The molecule has 0 aromatic heterocycles.